The number of carbonyl (C=O) groups excluding carboxylic acids is 1. The molecule has 1 aliphatic heterocycles. The summed E-state index contributed by atoms with van der Waals surface area (Å²) in [7, 11) is 1.64. The molecule has 4 heteroatoms. The van der Waals surface area contributed by atoms with E-state index in [0.29, 0.717) is 0 Å². The number of rotatable bonds is 2. The van der Waals surface area contributed by atoms with Crippen LogP contribution >= 0.6 is 0 Å². The Morgan fingerprint density at radius 3 is 2.89 bits per heavy atom. The Morgan fingerprint density at radius 2 is 2.17 bits per heavy atom. The van der Waals surface area contributed by atoms with Crippen molar-refractivity contribution in [2.45, 2.75) is 13.3 Å². The minimum atomic E-state index is 0.115. The zero-order chi connectivity index (χ0) is 13.0. The van der Waals surface area contributed by atoms with E-state index in [-0.39, 0.29) is 5.91 Å². The molecule has 0 aliphatic carbocycles. The lowest BCUT2D eigenvalue weighted by Gasteiger charge is -2.20. The van der Waals surface area contributed by atoms with Crippen LogP contribution in [-0.4, -0.2) is 44.1 Å². The van der Waals surface area contributed by atoms with Crippen molar-refractivity contribution in [2.75, 3.05) is 33.3 Å². The number of nitrogens with one attached hydrogen (secondary N) is 1. The number of benzene rings is 1. The van der Waals surface area contributed by atoms with Crippen molar-refractivity contribution >= 4 is 5.91 Å². The molecule has 0 saturated carbocycles. The SMILES string of the molecule is COc1ccc(C(=O)N2CCCNCC2)cc1C. The van der Waals surface area contributed by atoms with Gasteiger partial charge in [-0.3, -0.25) is 4.79 Å². The van der Waals surface area contributed by atoms with Gasteiger partial charge in [0.25, 0.3) is 5.91 Å². The topological polar surface area (TPSA) is 41.6 Å². The molecule has 4 nitrogen and oxygen atoms in total. The monoisotopic (exact) mass is 248 g/mol. The fourth-order valence-corrected chi connectivity index (χ4v) is 2.24. The number of methoxy groups -OCH3 is 1. The van der Waals surface area contributed by atoms with Crippen LogP contribution in [0.5, 0.6) is 5.75 Å². The number of amides is 1. The standard InChI is InChI=1S/C14H20N2O2/c1-11-10-12(4-5-13(11)18-2)14(17)16-8-3-6-15-7-9-16/h4-5,10,15H,3,6-9H2,1-2H3. The second-order valence-electron chi connectivity index (χ2n) is 4.58. The van der Waals surface area contributed by atoms with E-state index in [1.165, 1.54) is 0 Å². The Balaban J connectivity index is 2.14. The zero-order valence-corrected chi connectivity index (χ0v) is 11.0. The van der Waals surface area contributed by atoms with E-state index >= 15 is 0 Å². The molecule has 0 unspecified atom stereocenters. The average molecular weight is 248 g/mol. The van der Waals surface area contributed by atoms with Crippen molar-refractivity contribution < 1.29 is 9.53 Å². The third-order valence-electron chi connectivity index (χ3n) is 3.27. The largest absolute Gasteiger partial charge is 0.496 e. The highest BCUT2D eigenvalue weighted by Crippen LogP contribution is 2.19. The van der Waals surface area contributed by atoms with Gasteiger partial charge >= 0.3 is 0 Å². The van der Waals surface area contributed by atoms with E-state index in [1.54, 1.807) is 7.11 Å². The van der Waals surface area contributed by atoms with E-state index < -0.39 is 0 Å². The van der Waals surface area contributed by atoms with Crippen LogP contribution in [0.3, 0.4) is 0 Å². The van der Waals surface area contributed by atoms with Gasteiger partial charge in [-0.1, -0.05) is 0 Å². The van der Waals surface area contributed by atoms with Crippen molar-refractivity contribution in [3.63, 3.8) is 0 Å². The predicted octanol–water partition coefficient (Wildman–Crippen LogP) is 1.44. The molecule has 2 rings (SSSR count). The summed E-state index contributed by atoms with van der Waals surface area (Å²) in [5, 5.41) is 3.30. The van der Waals surface area contributed by atoms with Gasteiger partial charge in [0, 0.05) is 25.2 Å². The first-order valence-corrected chi connectivity index (χ1v) is 6.37. The molecule has 98 valence electrons. The minimum Gasteiger partial charge on any atom is -0.496 e. The number of hydrogen-bond donors (Lipinski definition) is 1. The maximum Gasteiger partial charge on any atom is 0.253 e. The number of hydrogen-bond acceptors (Lipinski definition) is 3. The fraction of sp³-hybridized carbons (Fsp3) is 0.500. The zero-order valence-electron chi connectivity index (χ0n) is 11.0. The van der Waals surface area contributed by atoms with Crippen LogP contribution in [0.15, 0.2) is 18.2 Å². The summed E-state index contributed by atoms with van der Waals surface area (Å²) in [5.74, 6) is 0.938. The summed E-state index contributed by atoms with van der Waals surface area (Å²) in [4.78, 5) is 14.3. The lowest BCUT2D eigenvalue weighted by Crippen LogP contribution is -2.34. The Morgan fingerprint density at radius 1 is 1.33 bits per heavy atom. The van der Waals surface area contributed by atoms with Crippen LogP contribution in [0.4, 0.5) is 0 Å². The highest BCUT2D eigenvalue weighted by Gasteiger charge is 2.17. The highest BCUT2D eigenvalue weighted by atomic mass is 16.5. The third kappa shape index (κ3) is 2.82. The molecule has 1 saturated heterocycles. The first kappa shape index (κ1) is 12.9. The van der Waals surface area contributed by atoms with Crippen molar-refractivity contribution in [1.29, 1.82) is 0 Å². The molecule has 0 bridgehead atoms. The number of aryl methyl sites for hydroxylation is 1. The Bertz CT molecular complexity index is 424. The summed E-state index contributed by atoms with van der Waals surface area (Å²) in [6.45, 7) is 5.44. The highest BCUT2D eigenvalue weighted by molar-refractivity contribution is 5.94. The van der Waals surface area contributed by atoms with E-state index in [1.807, 2.05) is 30.0 Å². The van der Waals surface area contributed by atoms with Crippen LogP contribution in [0, 0.1) is 6.92 Å². The molecule has 1 heterocycles. The summed E-state index contributed by atoms with van der Waals surface area (Å²) >= 11 is 0. The molecule has 18 heavy (non-hydrogen) atoms. The van der Waals surface area contributed by atoms with Crippen LogP contribution in [0.2, 0.25) is 0 Å². The molecule has 0 spiro atoms. The second-order valence-corrected chi connectivity index (χ2v) is 4.58. The smallest absolute Gasteiger partial charge is 0.253 e. The normalized spacial score (nSPS) is 16.2. The molecule has 0 aromatic heterocycles. The van der Waals surface area contributed by atoms with E-state index in [0.717, 1.165) is 49.5 Å². The van der Waals surface area contributed by atoms with Crippen LogP contribution in [0.1, 0.15) is 22.3 Å². The van der Waals surface area contributed by atoms with Crippen molar-refractivity contribution in [3.8, 4) is 5.75 Å². The first-order valence-electron chi connectivity index (χ1n) is 6.37. The van der Waals surface area contributed by atoms with Gasteiger partial charge in [-0.2, -0.15) is 0 Å². The summed E-state index contributed by atoms with van der Waals surface area (Å²) in [5.41, 5.74) is 1.74. The Kier molecular flexibility index (Phi) is 4.20. The van der Waals surface area contributed by atoms with E-state index in [9.17, 15) is 4.79 Å². The molecule has 1 aliphatic rings. The fourth-order valence-electron chi connectivity index (χ4n) is 2.24. The van der Waals surface area contributed by atoms with Gasteiger partial charge in [0.15, 0.2) is 0 Å². The second kappa shape index (κ2) is 5.87. The molecule has 1 amide bonds. The lowest BCUT2D eigenvalue weighted by atomic mass is 10.1. The van der Waals surface area contributed by atoms with Crippen LogP contribution in [-0.2, 0) is 0 Å². The minimum absolute atomic E-state index is 0.115. The molecule has 1 aromatic rings. The number of carbonyl (C=O) groups is 1. The summed E-state index contributed by atoms with van der Waals surface area (Å²) in [6.07, 6.45) is 1.01. The van der Waals surface area contributed by atoms with E-state index in [2.05, 4.69) is 5.32 Å². The van der Waals surface area contributed by atoms with Gasteiger partial charge in [0.2, 0.25) is 0 Å². The maximum atomic E-state index is 12.4. The third-order valence-corrected chi connectivity index (χ3v) is 3.27. The molecule has 1 fully saturated rings. The van der Waals surface area contributed by atoms with Gasteiger partial charge < -0.3 is 15.0 Å². The van der Waals surface area contributed by atoms with Gasteiger partial charge in [-0.15, -0.1) is 0 Å². The quantitative estimate of drug-likeness (QED) is 0.861. The molecule has 1 aromatic carbocycles. The number of nitrogens with zero attached hydrogens (tertiary/aromatic N) is 1. The Hall–Kier alpha value is -1.55. The Labute approximate surface area is 108 Å². The molecule has 0 atom stereocenters. The van der Waals surface area contributed by atoms with Crippen molar-refractivity contribution in [3.05, 3.63) is 29.3 Å². The van der Waals surface area contributed by atoms with Gasteiger partial charge in [-0.25, -0.2) is 0 Å². The molecule has 0 radical (unpaired) electrons. The lowest BCUT2D eigenvalue weighted by molar-refractivity contribution is 0.0766. The maximum absolute atomic E-state index is 12.4. The molecule has 1 N–H and O–H groups in total. The van der Waals surface area contributed by atoms with Crippen LogP contribution < -0.4 is 10.1 Å². The van der Waals surface area contributed by atoms with Crippen LogP contribution in [0.25, 0.3) is 0 Å². The van der Waals surface area contributed by atoms with Gasteiger partial charge in [0.1, 0.15) is 5.75 Å². The average Bonchev–Trinajstić information content (AvgIpc) is 2.66. The van der Waals surface area contributed by atoms with Crippen molar-refractivity contribution in [1.82, 2.24) is 10.2 Å². The van der Waals surface area contributed by atoms with E-state index in [4.69, 9.17) is 4.74 Å². The van der Waals surface area contributed by atoms with Gasteiger partial charge in [0.05, 0.1) is 7.11 Å². The first-order chi connectivity index (χ1) is 8.72. The molecular formula is C14H20N2O2. The number of ether oxygens (including phenoxy) is 1. The molecular weight excluding hydrogens is 228 g/mol. The summed E-state index contributed by atoms with van der Waals surface area (Å²) in [6, 6.07) is 5.60. The summed E-state index contributed by atoms with van der Waals surface area (Å²) < 4.78 is 5.21. The van der Waals surface area contributed by atoms with Crippen molar-refractivity contribution in [2.24, 2.45) is 0 Å². The predicted molar refractivity (Wildman–Crippen MR) is 71.1 cm³/mol. The van der Waals surface area contributed by atoms with Gasteiger partial charge in [-0.05, 0) is 43.7 Å².